The van der Waals surface area contributed by atoms with E-state index in [0.717, 1.165) is 22.6 Å². The minimum atomic E-state index is -0.351. The van der Waals surface area contributed by atoms with Gasteiger partial charge >= 0.3 is 0 Å². The Labute approximate surface area is 174 Å². The largest absolute Gasteiger partial charge is 0.314 e. The summed E-state index contributed by atoms with van der Waals surface area (Å²) in [5.74, 6) is -0.683. The molecule has 0 unspecified atom stereocenters. The van der Waals surface area contributed by atoms with Gasteiger partial charge < -0.3 is 4.57 Å². The standard InChI is InChI=1S/C25H20FN3O/c1-18-10-15-24(20-7-3-2-4-8-20)29(18)23-13-11-21(12-14-23)25(30)28-27-17-19-6-5-9-22(26)16-19/h2-17H,1H3,(H,28,30)/b27-17+. The summed E-state index contributed by atoms with van der Waals surface area (Å²) in [4.78, 5) is 12.3. The van der Waals surface area contributed by atoms with Gasteiger partial charge in [-0.3, -0.25) is 4.79 Å². The number of rotatable bonds is 5. The van der Waals surface area contributed by atoms with E-state index in [1.807, 2.05) is 37.3 Å². The van der Waals surface area contributed by atoms with Crippen molar-refractivity contribution in [2.75, 3.05) is 0 Å². The maximum absolute atomic E-state index is 13.2. The number of hydrazone groups is 1. The van der Waals surface area contributed by atoms with E-state index in [0.29, 0.717) is 11.1 Å². The van der Waals surface area contributed by atoms with Gasteiger partial charge in [-0.05, 0) is 66.6 Å². The van der Waals surface area contributed by atoms with Crippen LogP contribution in [0.2, 0.25) is 0 Å². The van der Waals surface area contributed by atoms with Gasteiger partial charge in [0, 0.05) is 16.9 Å². The molecule has 0 aliphatic heterocycles. The smallest absolute Gasteiger partial charge is 0.271 e. The van der Waals surface area contributed by atoms with Crippen molar-refractivity contribution in [2.45, 2.75) is 6.92 Å². The maximum atomic E-state index is 13.2. The lowest BCUT2D eigenvalue weighted by Crippen LogP contribution is -2.17. The molecule has 0 saturated heterocycles. The first-order chi connectivity index (χ1) is 14.6. The molecule has 0 aliphatic rings. The van der Waals surface area contributed by atoms with Crippen LogP contribution in [0.4, 0.5) is 4.39 Å². The topological polar surface area (TPSA) is 46.4 Å². The lowest BCUT2D eigenvalue weighted by Gasteiger charge is -2.12. The third-order valence-electron chi connectivity index (χ3n) is 4.76. The first-order valence-corrected chi connectivity index (χ1v) is 9.55. The number of carbonyl (C=O) groups excluding carboxylic acids is 1. The van der Waals surface area contributed by atoms with Gasteiger partial charge in [0.25, 0.3) is 5.91 Å². The van der Waals surface area contributed by atoms with Crippen molar-refractivity contribution in [3.8, 4) is 16.9 Å². The molecule has 4 aromatic rings. The molecule has 0 aliphatic carbocycles. The van der Waals surface area contributed by atoms with Crippen molar-refractivity contribution in [3.63, 3.8) is 0 Å². The molecule has 0 spiro atoms. The van der Waals surface area contributed by atoms with E-state index in [1.165, 1.54) is 18.3 Å². The van der Waals surface area contributed by atoms with Gasteiger partial charge in [0.2, 0.25) is 0 Å². The number of amides is 1. The number of nitrogens with zero attached hydrogens (tertiary/aromatic N) is 2. The second-order valence-electron chi connectivity index (χ2n) is 6.86. The van der Waals surface area contributed by atoms with E-state index < -0.39 is 0 Å². The number of aromatic nitrogens is 1. The maximum Gasteiger partial charge on any atom is 0.271 e. The Morgan fingerprint density at radius 2 is 1.70 bits per heavy atom. The molecule has 5 heteroatoms. The fourth-order valence-electron chi connectivity index (χ4n) is 3.29. The number of nitrogens with one attached hydrogen (secondary N) is 1. The highest BCUT2D eigenvalue weighted by Crippen LogP contribution is 2.26. The lowest BCUT2D eigenvalue weighted by molar-refractivity contribution is 0.0955. The van der Waals surface area contributed by atoms with E-state index in [9.17, 15) is 9.18 Å². The van der Waals surface area contributed by atoms with Gasteiger partial charge in [0.05, 0.1) is 11.9 Å². The van der Waals surface area contributed by atoms with Gasteiger partial charge in [-0.1, -0.05) is 42.5 Å². The van der Waals surface area contributed by atoms with E-state index >= 15 is 0 Å². The van der Waals surface area contributed by atoms with Gasteiger partial charge in [-0.15, -0.1) is 0 Å². The third-order valence-corrected chi connectivity index (χ3v) is 4.76. The van der Waals surface area contributed by atoms with Crippen LogP contribution >= 0.6 is 0 Å². The normalized spacial score (nSPS) is 11.0. The highest BCUT2D eigenvalue weighted by atomic mass is 19.1. The zero-order valence-corrected chi connectivity index (χ0v) is 16.4. The van der Waals surface area contributed by atoms with Crippen molar-refractivity contribution in [2.24, 2.45) is 5.10 Å². The molecule has 4 nitrogen and oxygen atoms in total. The monoisotopic (exact) mass is 397 g/mol. The summed E-state index contributed by atoms with van der Waals surface area (Å²) in [6.45, 7) is 2.05. The lowest BCUT2D eigenvalue weighted by atomic mass is 10.1. The zero-order valence-electron chi connectivity index (χ0n) is 16.4. The van der Waals surface area contributed by atoms with E-state index in [1.54, 1.807) is 24.3 Å². The molecule has 0 radical (unpaired) electrons. The van der Waals surface area contributed by atoms with Crippen LogP contribution in [0.25, 0.3) is 16.9 Å². The average Bonchev–Trinajstić information content (AvgIpc) is 3.16. The molecule has 0 bridgehead atoms. The van der Waals surface area contributed by atoms with Crippen molar-refractivity contribution in [1.82, 2.24) is 9.99 Å². The minimum absolute atomic E-state index is 0.332. The van der Waals surface area contributed by atoms with Crippen LogP contribution in [0.5, 0.6) is 0 Å². The van der Waals surface area contributed by atoms with E-state index in [-0.39, 0.29) is 11.7 Å². The molecule has 0 fully saturated rings. The summed E-state index contributed by atoms with van der Waals surface area (Å²) in [6.07, 6.45) is 1.41. The number of benzene rings is 3. The van der Waals surface area contributed by atoms with Crippen molar-refractivity contribution >= 4 is 12.1 Å². The summed E-state index contributed by atoms with van der Waals surface area (Å²) < 4.78 is 15.3. The van der Waals surface area contributed by atoms with Crippen LogP contribution in [-0.2, 0) is 0 Å². The molecule has 4 rings (SSSR count). The number of halogens is 1. The van der Waals surface area contributed by atoms with Crippen LogP contribution in [0.1, 0.15) is 21.6 Å². The number of aryl methyl sites for hydroxylation is 1. The molecule has 0 atom stereocenters. The summed E-state index contributed by atoms with van der Waals surface area (Å²) in [7, 11) is 0. The van der Waals surface area contributed by atoms with Crippen LogP contribution in [0, 0.1) is 12.7 Å². The van der Waals surface area contributed by atoms with Crippen LogP contribution < -0.4 is 5.43 Å². The van der Waals surface area contributed by atoms with E-state index in [2.05, 4.69) is 39.4 Å². The van der Waals surface area contributed by atoms with Crippen LogP contribution in [0.3, 0.4) is 0 Å². The van der Waals surface area contributed by atoms with Crippen molar-refractivity contribution in [3.05, 3.63) is 114 Å². The molecular formula is C25H20FN3O. The Balaban J connectivity index is 1.51. The van der Waals surface area contributed by atoms with Crippen molar-refractivity contribution in [1.29, 1.82) is 0 Å². The molecule has 30 heavy (non-hydrogen) atoms. The Bertz CT molecular complexity index is 1190. The third kappa shape index (κ3) is 4.20. The van der Waals surface area contributed by atoms with Crippen molar-refractivity contribution < 1.29 is 9.18 Å². The predicted octanol–water partition coefficient (Wildman–Crippen LogP) is 5.36. The molecule has 1 aromatic heterocycles. The summed E-state index contributed by atoms with van der Waals surface area (Å²) >= 11 is 0. The fourth-order valence-corrected chi connectivity index (χ4v) is 3.29. The summed E-state index contributed by atoms with van der Waals surface area (Å²) in [5, 5.41) is 3.90. The zero-order chi connectivity index (χ0) is 20.9. The predicted molar refractivity (Wildman–Crippen MR) is 117 cm³/mol. The first kappa shape index (κ1) is 19.3. The second-order valence-corrected chi connectivity index (χ2v) is 6.86. The minimum Gasteiger partial charge on any atom is -0.314 e. The molecule has 1 heterocycles. The Morgan fingerprint density at radius 1 is 0.933 bits per heavy atom. The van der Waals surface area contributed by atoms with Gasteiger partial charge in [0.15, 0.2) is 0 Å². The fraction of sp³-hybridized carbons (Fsp3) is 0.0400. The van der Waals surface area contributed by atoms with Crippen LogP contribution in [0.15, 0.2) is 96.1 Å². The number of hydrogen-bond acceptors (Lipinski definition) is 2. The molecule has 0 saturated carbocycles. The highest BCUT2D eigenvalue weighted by Gasteiger charge is 2.10. The Hall–Kier alpha value is -3.99. The Morgan fingerprint density at radius 3 is 2.43 bits per heavy atom. The second kappa shape index (κ2) is 8.57. The average molecular weight is 397 g/mol. The first-order valence-electron chi connectivity index (χ1n) is 9.55. The quantitative estimate of drug-likeness (QED) is 0.358. The molecule has 1 N–H and O–H groups in total. The SMILES string of the molecule is Cc1ccc(-c2ccccc2)n1-c1ccc(C(=O)N/N=C/c2cccc(F)c2)cc1. The summed E-state index contributed by atoms with van der Waals surface area (Å²) in [6, 6.07) is 27.7. The molecular weight excluding hydrogens is 377 g/mol. The summed E-state index contributed by atoms with van der Waals surface area (Å²) in [5.41, 5.74) is 7.81. The molecule has 1 amide bonds. The highest BCUT2D eigenvalue weighted by molar-refractivity contribution is 5.95. The van der Waals surface area contributed by atoms with E-state index in [4.69, 9.17) is 0 Å². The molecule has 3 aromatic carbocycles. The van der Waals surface area contributed by atoms with Gasteiger partial charge in [-0.25, -0.2) is 9.82 Å². The van der Waals surface area contributed by atoms with Gasteiger partial charge in [0.1, 0.15) is 5.82 Å². The number of carbonyl (C=O) groups is 1. The molecule has 148 valence electrons. The Kier molecular flexibility index (Phi) is 5.52. The number of hydrogen-bond donors (Lipinski definition) is 1. The van der Waals surface area contributed by atoms with Gasteiger partial charge in [-0.2, -0.15) is 5.10 Å². The van der Waals surface area contributed by atoms with Crippen LogP contribution in [-0.4, -0.2) is 16.7 Å².